The summed E-state index contributed by atoms with van der Waals surface area (Å²) in [4.78, 5) is 0. The van der Waals surface area contributed by atoms with Crippen LogP contribution in [0, 0.1) is 19.9 Å². The molecule has 0 saturated heterocycles. The van der Waals surface area contributed by atoms with Gasteiger partial charge in [0.05, 0.1) is 0 Å². The molecule has 1 aliphatic carbocycles. The van der Waals surface area contributed by atoms with E-state index in [1.54, 1.807) is 0 Å². The Morgan fingerprint density at radius 1 is 1.09 bits per heavy atom. The van der Waals surface area contributed by atoms with Gasteiger partial charge in [0.25, 0.3) is 0 Å². The standard InChI is InChI=1S/C13H19.2C4H9.Hf/c1-2-3-4-5-6-7-10-13-11-8-9-12-13;2*1-3-4-2;/h2,8,11H,1,3-7,9-10H2;2*1,3-4H2,2H3;/q3*-1;+4. The van der Waals surface area contributed by atoms with E-state index in [0.717, 1.165) is 19.3 Å². The van der Waals surface area contributed by atoms with E-state index in [1.165, 1.54) is 56.9 Å². The zero-order valence-corrected chi connectivity index (χ0v) is 18.7. The minimum Gasteiger partial charge on any atom is -0.343 e. The van der Waals surface area contributed by atoms with Gasteiger partial charge >= 0.3 is 25.8 Å². The van der Waals surface area contributed by atoms with Gasteiger partial charge in [0.1, 0.15) is 0 Å². The second kappa shape index (κ2) is 26.0. The van der Waals surface area contributed by atoms with Crippen LogP contribution in [0.4, 0.5) is 0 Å². The van der Waals surface area contributed by atoms with Crippen LogP contribution < -0.4 is 0 Å². The summed E-state index contributed by atoms with van der Waals surface area (Å²) >= 11 is 0. The molecule has 0 saturated carbocycles. The summed E-state index contributed by atoms with van der Waals surface area (Å²) in [6.07, 6.45) is 23.1. The number of allylic oxidation sites excluding steroid dienone is 5. The molecule has 0 bridgehead atoms. The Morgan fingerprint density at radius 2 is 1.64 bits per heavy atom. The molecule has 1 aliphatic rings. The van der Waals surface area contributed by atoms with Gasteiger partial charge < -0.3 is 13.8 Å². The van der Waals surface area contributed by atoms with Crippen molar-refractivity contribution < 1.29 is 25.8 Å². The smallest absolute Gasteiger partial charge is 0.343 e. The zero-order chi connectivity index (χ0) is 16.2. The maximum absolute atomic E-state index is 3.72. The summed E-state index contributed by atoms with van der Waals surface area (Å²) in [6, 6.07) is 0. The molecule has 0 heterocycles. The fourth-order valence-corrected chi connectivity index (χ4v) is 1.58. The first-order valence-electron chi connectivity index (χ1n) is 8.72. The van der Waals surface area contributed by atoms with Crippen molar-refractivity contribution in [1.82, 2.24) is 0 Å². The van der Waals surface area contributed by atoms with Crippen LogP contribution in [0.1, 0.15) is 84.5 Å². The summed E-state index contributed by atoms with van der Waals surface area (Å²) in [5.41, 5.74) is 1.42. The normalized spacial score (nSPS) is 11.4. The molecule has 0 aromatic rings. The largest absolute Gasteiger partial charge is 4.00 e. The minimum atomic E-state index is 0. The second-order valence-electron chi connectivity index (χ2n) is 5.26. The third-order valence-corrected chi connectivity index (χ3v) is 3.08. The Morgan fingerprint density at radius 3 is 2.05 bits per heavy atom. The van der Waals surface area contributed by atoms with E-state index >= 15 is 0 Å². The number of hydrogen-bond donors (Lipinski definition) is 0. The van der Waals surface area contributed by atoms with Gasteiger partial charge in [0.15, 0.2) is 0 Å². The quantitative estimate of drug-likeness (QED) is 0.143. The topological polar surface area (TPSA) is 0 Å². The molecule has 0 atom stereocenters. The van der Waals surface area contributed by atoms with Crippen molar-refractivity contribution in [2.24, 2.45) is 0 Å². The predicted molar refractivity (Wildman–Crippen MR) is 98.9 cm³/mol. The van der Waals surface area contributed by atoms with Gasteiger partial charge in [-0.1, -0.05) is 58.4 Å². The molecule has 0 radical (unpaired) electrons. The van der Waals surface area contributed by atoms with Crippen molar-refractivity contribution in [2.75, 3.05) is 0 Å². The van der Waals surface area contributed by atoms with E-state index in [4.69, 9.17) is 0 Å². The Labute approximate surface area is 160 Å². The van der Waals surface area contributed by atoms with E-state index in [0.29, 0.717) is 0 Å². The van der Waals surface area contributed by atoms with Gasteiger partial charge in [-0.3, -0.25) is 6.08 Å². The van der Waals surface area contributed by atoms with Gasteiger partial charge in [0, 0.05) is 0 Å². The van der Waals surface area contributed by atoms with Gasteiger partial charge in [-0.25, -0.2) is 11.6 Å². The van der Waals surface area contributed by atoms with Gasteiger partial charge in [-0.05, 0) is 12.8 Å². The first kappa shape index (κ1) is 27.0. The first-order chi connectivity index (χ1) is 10.3. The maximum atomic E-state index is 3.72. The van der Waals surface area contributed by atoms with Crippen LogP contribution in [0.5, 0.6) is 0 Å². The Bertz CT molecular complexity index is 243. The molecule has 22 heavy (non-hydrogen) atoms. The third-order valence-electron chi connectivity index (χ3n) is 3.08. The molecule has 0 spiro atoms. The van der Waals surface area contributed by atoms with Crippen LogP contribution in [-0.2, 0) is 25.8 Å². The Kier molecular flexibility index (Phi) is 31.9. The summed E-state index contributed by atoms with van der Waals surface area (Å²) in [6.45, 7) is 15.2. The Hall–Kier alpha value is 0.0901. The molecule has 1 heteroatoms. The SMILES string of the molecule is C=CCCCCCCC1=[C-]CC=C1.[CH2-]CCC.[CH2-]CCC.[Hf+4]. The van der Waals surface area contributed by atoms with Gasteiger partial charge in [0.2, 0.25) is 0 Å². The minimum absolute atomic E-state index is 0. The molecule has 0 N–H and O–H groups in total. The fourth-order valence-electron chi connectivity index (χ4n) is 1.58. The summed E-state index contributed by atoms with van der Waals surface area (Å²) in [5, 5.41) is 0. The zero-order valence-electron chi connectivity index (χ0n) is 15.1. The van der Waals surface area contributed by atoms with Crippen molar-refractivity contribution in [2.45, 2.75) is 84.5 Å². The average molecular weight is 468 g/mol. The molecule has 0 aromatic heterocycles. The maximum Gasteiger partial charge on any atom is 4.00 e. The number of unbranched alkanes of at least 4 members (excludes halogenated alkanes) is 6. The molecule has 0 amide bonds. The van der Waals surface area contributed by atoms with Crippen molar-refractivity contribution in [3.05, 3.63) is 50.3 Å². The van der Waals surface area contributed by atoms with Crippen LogP contribution in [0.2, 0.25) is 0 Å². The molecule has 124 valence electrons. The van der Waals surface area contributed by atoms with E-state index in [2.05, 4.69) is 52.5 Å². The average Bonchev–Trinajstić information content (AvgIpc) is 3.04. The summed E-state index contributed by atoms with van der Waals surface area (Å²) in [7, 11) is 0. The van der Waals surface area contributed by atoms with E-state index in [-0.39, 0.29) is 25.8 Å². The Balaban J connectivity index is -0.000000338. The first-order valence-corrected chi connectivity index (χ1v) is 8.72. The van der Waals surface area contributed by atoms with Crippen LogP contribution in [0.15, 0.2) is 30.4 Å². The monoisotopic (exact) mass is 469 g/mol. The van der Waals surface area contributed by atoms with E-state index in [9.17, 15) is 0 Å². The van der Waals surface area contributed by atoms with Crippen LogP contribution >= 0.6 is 0 Å². The molecular weight excluding hydrogens is 431 g/mol. The molecule has 0 aliphatic heterocycles. The van der Waals surface area contributed by atoms with Crippen molar-refractivity contribution in [3.63, 3.8) is 0 Å². The fraction of sp³-hybridized carbons (Fsp3) is 0.619. The third kappa shape index (κ3) is 25.1. The van der Waals surface area contributed by atoms with Crippen molar-refractivity contribution in [3.8, 4) is 0 Å². The molecule has 0 nitrogen and oxygen atoms in total. The number of hydrogen-bond acceptors (Lipinski definition) is 0. The molecule has 0 fully saturated rings. The molecule has 0 aromatic carbocycles. The number of rotatable bonds is 9. The molecular formula is C21H37Hf+. The van der Waals surface area contributed by atoms with Crippen LogP contribution in [-0.4, -0.2) is 0 Å². The second-order valence-corrected chi connectivity index (χ2v) is 5.26. The summed E-state index contributed by atoms with van der Waals surface area (Å²) < 4.78 is 0. The molecule has 1 rings (SSSR count). The van der Waals surface area contributed by atoms with Crippen LogP contribution in [0.3, 0.4) is 0 Å². The van der Waals surface area contributed by atoms with Crippen molar-refractivity contribution >= 4 is 0 Å². The van der Waals surface area contributed by atoms with E-state index < -0.39 is 0 Å². The molecule has 0 unspecified atom stereocenters. The van der Waals surface area contributed by atoms with Crippen LogP contribution in [0.25, 0.3) is 0 Å². The van der Waals surface area contributed by atoms with Crippen molar-refractivity contribution in [1.29, 1.82) is 0 Å². The van der Waals surface area contributed by atoms with E-state index in [1.807, 2.05) is 6.08 Å². The van der Waals surface area contributed by atoms with Gasteiger partial charge in [-0.2, -0.15) is 18.9 Å². The predicted octanol–water partition coefficient (Wildman–Crippen LogP) is 7.44. The summed E-state index contributed by atoms with van der Waals surface area (Å²) in [5.74, 6) is 0. The van der Waals surface area contributed by atoms with Gasteiger partial charge in [-0.15, -0.1) is 13.0 Å².